The fourth-order valence-electron chi connectivity index (χ4n) is 1.64. The summed E-state index contributed by atoms with van der Waals surface area (Å²) in [5.41, 5.74) is -0.322. The summed E-state index contributed by atoms with van der Waals surface area (Å²) in [6, 6.07) is 4.25. The zero-order valence-electron chi connectivity index (χ0n) is 13.4. The summed E-state index contributed by atoms with van der Waals surface area (Å²) >= 11 is 0. The van der Waals surface area contributed by atoms with Gasteiger partial charge in [0.1, 0.15) is 0 Å². The predicted octanol–water partition coefficient (Wildman–Crippen LogP) is 1.62. The molecule has 24 heavy (non-hydrogen) atoms. The Morgan fingerprint density at radius 1 is 1.29 bits per heavy atom. The number of benzene rings is 1. The molecule has 0 aliphatic rings. The van der Waals surface area contributed by atoms with Crippen molar-refractivity contribution in [3.63, 3.8) is 0 Å². The van der Waals surface area contributed by atoms with E-state index in [-0.39, 0.29) is 11.3 Å². The second kappa shape index (κ2) is 9.23. The molecule has 0 saturated heterocycles. The lowest BCUT2D eigenvalue weighted by atomic mass is 10.1. The van der Waals surface area contributed by atoms with Gasteiger partial charge in [0.2, 0.25) is 0 Å². The van der Waals surface area contributed by atoms with Gasteiger partial charge in [0, 0.05) is 18.7 Å². The molecule has 0 radical (unpaired) electrons. The number of esters is 1. The molecule has 130 valence electrons. The third-order valence-corrected chi connectivity index (χ3v) is 2.89. The average Bonchev–Trinajstić information content (AvgIpc) is 2.52. The summed E-state index contributed by atoms with van der Waals surface area (Å²) in [6.45, 7) is 3.75. The molecule has 1 rings (SSSR count). The SMILES string of the molecule is CC(C)CCNC(=O)NC(=O)COC(=O)c1cccc([N+](=O)[O-])c1. The number of imide groups is 1. The molecule has 1 aromatic carbocycles. The first-order valence-corrected chi connectivity index (χ1v) is 7.29. The molecule has 9 nitrogen and oxygen atoms in total. The Hall–Kier alpha value is -2.97. The molecule has 2 N–H and O–H groups in total. The molecule has 0 fully saturated rings. The number of hydrogen-bond donors (Lipinski definition) is 2. The van der Waals surface area contributed by atoms with Gasteiger partial charge in [-0.05, 0) is 18.4 Å². The molecule has 0 aliphatic heterocycles. The summed E-state index contributed by atoms with van der Waals surface area (Å²) < 4.78 is 4.71. The first-order valence-electron chi connectivity index (χ1n) is 7.29. The van der Waals surface area contributed by atoms with E-state index in [0.29, 0.717) is 12.5 Å². The number of amides is 3. The molecule has 0 heterocycles. The van der Waals surface area contributed by atoms with Gasteiger partial charge in [-0.15, -0.1) is 0 Å². The minimum absolute atomic E-state index is 0.0571. The number of rotatable bonds is 7. The second-order valence-corrected chi connectivity index (χ2v) is 5.37. The zero-order chi connectivity index (χ0) is 18.1. The van der Waals surface area contributed by atoms with E-state index in [1.165, 1.54) is 18.2 Å². The normalized spacial score (nSPS) is 10.1. The van der Waals surface area contributed by atoms with Crippen LogP contribution in [0.1, 0.15) is 30.6 Å². The van der Waals surface area contributed by atoms with Crippen LogP contribution in [0.15, 0.2) is 24.3 Å². The van der Waals surface area contributed by atoms with Crippen molar-refractivity contribution in [2.75, 3.05) is 13.2 Å². The van der Waals surface area contributed by atoms with Gasteiger partial charge >= 0.3 is 12.0 Å². The van der Waals surface area contributed by atoms with Crippen molar-refractivity contribution >= 4 is 23.6 Å². The van der Waals surface area contributed by atoms with Gasteiger partial charge in [-0.2, -0.15) is 0 Å². The number of nitrogens with zero attached hydrogens (tertiary/aromatic N) is 1. The Bertz CT molecular complexity index is 629. The molecule has 3 amide bonds. The fraction of sp³-hybridized carbons (Fsp3) is 0.400. The Balaban J connectivity index is 2.41. The van der Waals surface area contributed by atoms with E-state index in [0.717, 1.165) is 12.5 Å². The van der Waals surface area contributed by atoms with Gasteiger partial charge in [0.05, 0.1) is 10.5 Å². The van der Waals surface area contributed by atoms with Crippen molar-refractivity contribution in [1.82, 2.24) is 10.6 Å². The molecule has 9 heteroatoms. The molecule has 0 spiro atoms. The summed E-state index contributed by atoms with van der Waals surface area (Å²) in [7, 11) is 0. The largest absolute Gasteiger partial charge is 0.452 e. The second-order valence-electron chi connectivity index (χ2n) is 5.37. The van der Waals surface area contributed by atoms with Crippen molar-refractivity contribution < 1.29 is 24.0 Å². The molecular weight excluding hydrogens is 318 g/mol. The quantitative estimate of drug-likeness (QED) is 0.442. The molecule has 0 unspecified atom stereocenters. The molecule has 1 aromatic rings. The van der Waals surface area contributed by atoms with Gasteiger partial charge in [0.15, 0.2) is 6.61 Å². The highest BCUT2D eigenvalue weighted by Crippen LogP contribution is 2.13. The lowest BCUT2D eigenvalue weighted by Gasteiger charge is -2.08. The summed E-state index contributed by atoms with van der Waals surface area (Å²) in [5, 5.41) is 15.1. The highest BCUT2D eigenvalue weighted by Gasteiger charge is 2.15. The van der Waals surface area contributed by atoms with Gasteiger partial charge in [-0.3, -0.25) is 20.2 Å². The Morgan fingerprint density at radius 3 is 2.62 bits per heavy atom. The summed E-state index contributed by atoms with van der Waals surface area (Å²) in [4.78, 5) is 44.6. The Morgan fingerprint density at radius 2 is 2.00 bits per heavy atom. The first-order chi connectivity index (χ1) is 11.3. The highest BCUT2D eigenvalue weighted by molar-refractivity contribution is 5.97. The zero-order valence-corrected chi connectivity index (χ0v) is 13.4. The maximum absolute atomic E-state index is 11.7. The molecule has 0 saturated carbocycles. The predicted molar refractivity (Wildman–Crippen MR) is 84.4 cm³/mol. The third-order valence-electron chi connectivity index (χ3n) is 2.89. The Kier molecular flexibility index (Phi) is 7.34. The number of nitro groups is 1. The molecule has 0 aromatic heterocycles. The van der Waals surface area contributed by atoms with Gasteiger partial charge in [-0.25, -0.2) is 9.59 Å². The lowest BCUT2D eigenvalue weighted by molar-refractivity contribution is -0.384. The van der Waals surface area contributed by atoms with Crippen LogP contribution in [0.2, 0.25) is 0 Å². The maximum Gasteiger partial charge on any atom is 0.338 e. The van der Waals surface area contributed by atoms with E-state index < -0.39 is 29.4 Å². The smallest absolute Gasteiger partial charge is 0.338 e. The number of non-ortho nitro benzene ring substituents is 1. The number of urea groups is 1. The van der Waals surface area contributed by atoms with Gasteiger partial charge in [0.25, 0.3) is 11.6 Å². The van der Waals surface area contributed by atoms with Crippen molar-refractivity contribution in [1.29, 1.82) is 0 Å². The topological polar surface area (TPSA) is 128 Å². The number of nitro benzene ring substituents is 1. The van der Waals surface area contributed by atoms with Crippen LogP contribution in [0, 0.1) is 16.0 Å². The summed E-state index contributed by atoms with van der Waals surface area (Å²) in [5.74, 6) is -1.28. The van der Waals surface area contributed by atoms with Crippen LogP contribution in [-0.2, 0) is 9.53 Å². The van der Waals surface area contributed by atoms with Crippen LogP contribution in [-0.4, -0.2) is 36.0 Å². The van der Waals surface area contributed by atoms with Crippen LogP contribution in [0.25, 0.3) is 0 Å². The Labute approximate surface area is 138 Å². The maximum atomic E-state index is 11.7. The van der Waals surface area contributed by atoms with Crippen LogP contribution in [0.5, 0.6) is 0 Å². The minimum atomic E-state index is -0.894. The van der Waals surface area contributed by atoms with Crippen LogP contribution in [0.4, 0.5) is 10.5 Å². The molecule has 0 atom stereocenters. The third kappa shape index (κ3) is 6.86. The van der Waals surface area contributed by atoms with Gasteiger partial charge in [-0.1, -0.05) is 19.9 Å². The first kappa shape index (κ1) is 19.1. The van der Waals surface area contributed by atoms with Crippen molar-refractivity contribution in [3.8, 4) is 0 Å². The standard InChI is InChI=1S/C15H19N3O6/c1-10(2)6-7-16-15(21)17-13(19)9-24-14(20)11-4-3-5-12(8-11)18(22)23/h3-5,8,10H,6-7,9H2,1-2H3,(H2,16,17,19,21). The van der Waals surface area contributed by atoms with E-state index in [4.69, 9.17) is 4.74 Å². The van der Waals surface area contributed by atoms with Crippen molar-refractivity contribution in [2.45, 2.75) is 20.3 Å². The van der Waals surface area contributed by atoms with Gasteiger partial charge < -0.3 is 10.1 Å². The monoisotopic (exact) mass is 337 g/mol. The van der Waals surface area contributed by atoms with E-state index in [2.05, 4.69) is 5.32 Å². The van der Waals surface area contributed by atoms with E-state index in [1.807, 2.05) is 19.2 Å². The van der Waals surface area contributed by atoms with Crippen LogP contribution < -0.4 is 10.6 Å². The number of nitrogens with one attached hydrogen (secondary N) is 2. The number of hydrogen-bond acceptors (Lipinski definition) is 6. The fourth-order valence-corrected chi connectivity index (χ4v) is 1.64. The minimum Gasteiger partial charge on any atom is -0.452 e. The van der Waals surface area contributed by atoms with Crippen molar-refractivity contribution in [2.24, 2.45) is 5.92 Å². The van der Waals surface area contributed by atoms with E-state index >= 15 is 0 Å². The average molecular weight is 337 g/mol. The molecule has 0 bridgehead atoms. The van der Waals surface area contributed by atoms with Crippen molar-refractivity contribution in [3.05, 3.63) is 39.9 Å². The van der Waals surface area contributed by atoms with Crippen LogP contribution >= 0.6 is 0 Å². The van der Waals surface area contributed by atoms with Crippen LogP contribution in [0.3, 0.4) is 0 Å². The van der Waals surface area contributed by atoms with E-state index in [9.17, 15) is 24.5 Å². The van der Waals surface area contributed by atoms with E-state index in [1.54, 1.807) is 0 Å². The molecule has 0 aliphatic carbocycles. The molecular formula is C15H19N3O6. The lowest BCUT2D eigenvalue weighted by Crippen LogP contribution is -2.41. The highest BCUT2D eigenvalue weighted by atomic mass is 16.6. The number of carbonyl (C=O) groups excluding carboxylic acids is 3. The number of ether oxygens (including phenoxy) is 1. The summed E-state index contributed by atoms with van der Waals surface area (Å²) in [6.07, 6.45) is 0.767. The number of carbonyl (C=O) groups is 3.